The van der Waals surface area contributed by atoms with Crippen LogP contribution in [0.4, 0.5) is 0 Å². The molecule has 0 N–H and O–H groups in total. The molecule has 0 saturated carbocycles. The average Bonchev–Trinajstić information content (AvgIpc) is 2.87. The fraction of sp³-hybridized carbons (Fsp3) is 0.375. The zero-order valence-corrected chi connectivity index (χ0v) is 13.0. The predicted octanol–water partition coefficient (Wildman–Crippen LogP) is 3.67. The van der Waals surface area contributed by atoms with Crippen molar-refractivity contribution in [2.24, 2.45) is 0 Å². The molecule has 4 nitrogen and oxygen atoms in total. The lowest BCUT2D eigenvalue weighted by atomic mass is 10.1. The fourth-order valence-corrected chi connectivity index (χ4v) is 1.83. The van der Waals surface area contributed by atoms with Crippen molar-refractivity contribution in [3.05, 3.63) is 47.9 Å². The first-order chi connectivity index (χ1) is 9.67. The SMILES string of the molecule is C=C/C(COC)=C(\C)c1ccn2ncc(C)c2n1.CC. The fourth-order valence-electron chi connectivity index (χ4n) is 1.83. The third kappa shape index (κ3) is 3.33. The number of allylic oxidation sites excluding steroid dienone is 1. The van der Waals surface area contributed by atoms with Gasteiger partial charge in [0.15, 0.2) is 5.65 Å². The third-order valence-corrected chi connectivity index (χ3v) is 2.96. The van der Waals surface area contributed by atoms with Crippen molar-refractivity contribution in [3.63, 3.8) is 0 Å². The highest BCUT2D eigenvalue weighted by atomic mass is 16.5. The smallest absolute Gasteiger partial charge is 0.158 e. The monoisotopic (exact) mass is 273 g/mol. The molecule has 0 saturated heterocycles. The molecule has 2 rings (SSSR count). The molecule has 0 fully saturated rings. The summed E-state index contributed by atoms with van der Waals surface area (Å²) in [6, 6.07) is 1.95. The molecule has 0 aliphatic heterocycles. The van der Waals surface area contributed by atoms with Crippen LogP contribution in [-0.4, -0.2) is 28.3 Å². The number of hydrogen-bond acceptors (Lipinski definition) is 3. The molecule has 0 unspecified atom stereocenters. The topological polar surface area (TPSA) is 39.4 Å². The van der Waals surface area contributed by atoms with Crippen molar-refractivity contribution in [3.8, 4) is 0 Å². The summed E-state index contributed by atoms with van der Waals surface area (Å²) < 4.78 is 6.93. The number of aromatic nitrogens is 3. The van der Waals surface area contributed by atoms with E-state index in [0.29, 0.717) is 6.61 Å². The maximum atomic E-state index is 5.16. The van der Waals surface area contributed by atoms with Crippen molar-refractivity contribution < 1.29 is 4.74 Å². The quantitative estimate of drug-likeness (QED) is 0.798. The minimum Gasteiger partial charge on any atom is -0.380 e. The highest BCUT2D eigenvalue weighted by molar-refractivity contribution is 5.68. The van der Waals surface area contributed by atoms with E-state index in [9.17, 15) is 0 Å². The maximum absolute atomic E-state index is 5.16. The summed E-state index contributed by atoms with van der Waals surface area (Å²) in [6.07, 6.45) is 5.55. The molecular weight excluding hydrogens is 250 g/mol. The van der Waals surface area contributed by atoms with E-state index < -0.39 is 0 Å². The van der Waals surface area contributed by atoms with Crippen LogP contribution in [-0.2, 0) is 4.74 Å². The Hall–Kier alpha value is -1.94. The Bertz CT molecular complexity index is 611. The molecule has 2 heterocycles. The lowest BCUT2D eigenvalue weighted by molar-refractivity contribution is 0.228. The summed E-state index contributed by atoms with van der Waals surface area (Å²) in [4.78, 5) is 4.63. The highest BCUT2D eigenvalue weighted by Gasteiger charge is 2.07. The Morgan fingerprint density at radius 2 is 2.15 bits per heavy atom. The number of fused-ring (bicyclic) bond motifs is 1. The zero-order chi connectivity index (χ0) is 15.1. The standard InChI is InChI=1S/C14H17N3O.C2H6/c1-5-12(9-18-4)11(3)13-6-7-17-14(16-13)10(2)8-15-17;1-2/h5-8H,1,9H2,2-4H3;1-2H3/b12-11-;. The summed E-state index contributed by atoms with van der Waals surface area (Å²) in [5, 5.41) is 4.21. The van der Waals surface area contributed by atoms with Crippen molar-refractivity contribution in [2.75, 3.05) is 13.7 Å². The molecule has 2 aromatic rings. The summed E-state index contributed by atoms with van der Waals surface area (Å²) in [7, 11) is 1.68. The van der Waals surface area contributed by atoms with Gasteiger partial charge in [0, 0.05) is 18.9 Å². The van der Waals surface area contributed by atoms with Gasteiger partial charge in [-0.05, 0) is 31.1 Å². The van der Waals surface area contributed by atoms with Crippen LogP contribution in [0.25, 0.3) is 11.2 Å². The first kappa shape index (κ1) is 16.1. The first-order valence-corrected chi connectivity index (χ1v) is 6.80. The van der Waals surface area contributed by atoms with Gasteiger partial charge in [0.25, 0.3) is 0 Å². The normalized spacial score (nSPS) is 11.7. The number of hydrogen-bond donors (Lipinski definition) is 0. The minimum atomic E-state index is 0.542. The highest BCUT2D eigenvalue weighted by Crippen LogP contribution is 2.18. The van der Waals surface area contributed by atoms with E-state index in [-0.39, 0.29) is 0 Å². The average molecular weight is 273 g/mol. The van der Waals surface area contributed by atoms with Gasteiger partial charge in [-0.2, -0.15) is 5.10 Å². The molecule has 0 spiro atoms. The van der Waals surface area contributed by atoms with Crippen LogP contribution in [0.15, 0.2) is 36.7 Å². The lowest BCUT2D eigenvalue weighted by Crippen LogP contribution is -1.99. The second-order valence-electron chi connectivity index (χ2n) is 4.20. The number of aryl methyl sites for hydroxylation is 1. The van der Waals surface area contributed by atoms with Crippen LogP contribution in [0.2, 0.25) is 0 Å². The molecule has 0 radical (unpaired) electrons. The number of ether oxygens (including phenoxy) is 1. The van der Waals surface area contributed by atoms with Gasteiger partial charge in [0.2, 0.25) is 0 Å². The molecule has 108 valence electrons. The maximum Gasteiger partial charge on any atom is 0.158 e. The molecule has 20 heavy (non-hydrogen) atoms. The van der Waals surface area contributed by atoms with Crippen LogP contribution in [0, 0.1) is 6.92 Å². The molecule has 0 aromatic carbocycles. The second kappa shape index (κ2) is 7.60. The van der Waals surface area contributed by atoms with Crippen molar-refractivity contribution >= 4 is 11.2 Å². The lowest BCUT2D eigenvalue weighted by Gasteiger charge is -2.07. The van der Waals surface area contributed by atoms with Crippen LogP contribution >= 0.6 is 0 Å². The molecule has 4 heteroatoms. The van der Waals surface area contributed by atoms with Crippen LogP contribution in [0.3, 0.4) is 0 Å². The van der Waals surface area contributed by atoms with E-state index in [2.05, 4.69) is 16.7 Å². The molecule has 0 amide bonds. The summed E-state index contributed by atoms with van der Waals surface area (Å²) in [5.41, 5.74) is 5.00. The summed E-state index contributed by atoms with van der Waals surface area (Å²) >= 11 is 0. The van der Waals surface area contributed by atoms with E-state index in [1.54, 1.807) is 11.6 Å². The largest absolute Gasteiger partial charge is 0.380 e. The van der Waals surface area contributed by atoms with Gasteiger partial charge in [-0.1, -0.05) is 26.5 Å². The molecule has 0 bridgehead atoms. The molecular formula is C16H23N3O. The van der Waals surface area contributed by atoms with E-state index in [1.165, 1.54) is 0 Å². The van der Waals surface area contributed by atoms with Gasteiger partial charge >= 0.3 is 0 Å². The number of nitrogens with zero attached hydrogens (tertiary/aromatic N) is 3. The third-order valence-electron chi connectivity index (χ3n) is 2.96. The van der Waals surface area contributed by atoms with Crippen molar-refractivity contribution in [1.82, 2.24) is 14.6 Å². The Balaban J connectivity index is 0.000000956. The van der Waals surface area contributed by atoms with E-state index in [4.69, 9.17) is 4.74 Å². The second-order valence-corrected chi connectivity index (χ2v) is 4.20. The van der Waals surface area contributed by atoms with Gasteiger partial charge in [-0.15, -0.1) is 0 Å². The Kier molecular flexibility index (Phi) is 6.12. The van der Waals surface area contributed by atoms with Gasteiger partial charge in [-0.3, -0.25) is 0 Å². The summed E-state index contributed by atoms with van der Waals surface area (Å²) in [6.45, 7) is 12.4. The van der Waals surface area contributed by atoms with Gasteiger partial charge in [-0.25, -0.2) is 9.50 Å². The first-order valence-electron chi connectivity index (χ1n) is 6.80. The molecule has 0 aliphatic carbocycles. The molecule has 2 aromatic heterocycles. The van der Waals surface area contributed by atoms with Gasteiger partial charge < -0.3 is 4.74 Å². The summed E-state index contributed by atoms with van der Waals surface area (Å²) in [5.74, 6) is 0. The Morgan fingerprint density at radius 3 is 2.75 bits per heavy atom. The van der Waals surface area contributed by atoms with Crippen LogP contribution in [0.1, 0.15) is 32.0 Å². The molecule has 0 atom stereocenters. The van der Waals surface area contributed by atoms with Gasteiger partial charge in [0.05, 0.1) is 18.5 Å². The number of rotatable bonds is 4. The minimum absolute atomic E-state index is 0.542. The van der Waals surface area contributed by atoms with Crippen molar-refractivity contribution in [2.45, 2.75) is 27.7 Å². The van der Waals surface area contributed by atoms with Gasteiger partial charge in [0.1, 0.15) is 0 Å². The Morgan fingerprint density at radius 1 is 1.45 bits per heavy atom. The Labute approximate surface area is 120 Å². The van der Waals surface area contributed by atoms with E-state index in [1.807, 2.05) is 52.2 Å². The van der Waals surface area contributed by atoms with Crippen LogP contribution < -0.4 is 0 Å². The van der Waals surface area contributed by atoms with E-state index in [0.717, 1.165) is 28.1 Å². The zero-order valence-electron chi connectivity index (χ0n) is 13.0. The van der Waals surface area contributed by atoms with Crippen molar-refractivity contribution in [1.29, 1.82) is 0 Å². The molecule has 0 aliphatic rings. The number of methoxy groups -OCH3 is 1. The van der Waals surface area contributed by atoms with E-state index >= 15 is 0 Å². The predicted molar refractivity (Wildman–Crippen MR) is 83.7 cm³/mol. The van der Waals surface area contributed by atoms with Crippen LogP contribution in [0.5, 0.6) is 0 Å².